The van der Waals surface area contributed by atoms with E-state index in [0.717, 1.165) is 48.5 Å². The van der Waals surface area contributed by atoms with E-state index in [9.17, 15) is 48.3 Å². The van der Waals surface area contributed by atoms with Crippen molar-refractivity contribution >= 4 is 30.3 Å². The number of alkyl halides is 6. The van der Waals surface area contributed by atoms with E-state index in [4.69, 9.17) is 0 Å². The summed E-state index contributed by atoms with van der Waals surface area (Å²) in [6, 6.07) is 15.2. The molecule has 0 amide bonds. The third-order valence-corrected chi connectivity index (χ3v) is 13.5. The van der Waals surface area contributed by atoms with Gasteiger partial charge in [-0.15, -0.1) is 0 Å². The van der Waals surface area contributed by atoms with Gasteiger partial charge < -0.3 is 5.11 Å². The number of hydrogen-bond donors (Lipinski definition) is 1. The van der Waals surface area contributed by atoms with E-state index in [1.807, 2.05) is 0 Å². The Labute approximate surface area is 198 Å². The van der Waals surface area contributed by atoms with Crippen molar-refractivity contribution in [2.45, 2.75) is 25.7 Å². The molecule has 0 fully saturated rings. The first-order chi connectivity index (χ1) is 16.1. The van der Waals surface area contributed by atoms with Gasteiger partial charge in [0.05, 0.1) is 0 Å². The van der Waals surface area contributed by atoms with E-state index < -0.39 is 64.8 Å². The molecule has 3 rings (SSSR count). The molecule has 35 heavy (non-hydrogen) atoms. The number of hydrogen-bond acceptors (Lipinski definition) is 5. The standard InChI is InChI=1S/C20H15F6NO5S3/c21-19(22,23)34(29,30)27(35(31,32)20(24,25)26)33(16-7-3-1-4-8-16,17-9-5-2-6-10-17)18-13-11-15(28)12-14-18/h1-14,28H. The van der Waals surface area contributed by atoms with Gasteiger partial charge in [0.15, 0.2) is 0 Å². The molecule has 0 saturated heterocycles. The molecule has 3 aromatic carbocycles. The van der Waals surface area contributed by atoms with Crippen LogP contribution in [0.2, 0.25) is 0 Å². The van der Waals surface area contributed by atoms with Gasteiger partial charge >= 0.3 is 31.1 Å². The lowest BCUT2D eigenvalue weighted by Gasteiger charge is -2.47. The van der Waals surface area contributed by atoms with E-state index in [2.05, 4.69) is 0 Å². The minimum absolute atomic E-state index is 0.452. The lowest BCUT2D eigenvalue weighted by molar-refractivity contribution is -0.0505. The molecule has 6 nitrogen and oxygen atoms in total. The lowest BCUT2D eigenvalue weighted by atomic mass is 10.3. The first-order valence-electron chi connectivity index (χ1n) is 9.24. The number of halogens is 6. The molecule has 0 aliphatic rings. The highest BCUT2D eigenvalue weighted by Crippen LogP contribution is 2.73. The minimum atomic E-state index is -7.19. The van der Waals surface area contributed by atoms with Gasteiger partial charge in [0, 0.05) is 14.7 Å². The Morgan fingerprint density at radius 1 is 0.543 bits per heavy atom. The van der Waals surface area contributed by atoms with E-state index in [-0.39, 0.29) is 0 Å². The number of rotatable bonds is 6. The zero-order chi connectivity index (χ0) is 26.3. The highest BCUT2D eigenvalue weighted by atomic mass is 32.4. The molecule has 3 aromatic rings. The van der Waals surface area contributed by atoms with E-state index >= 15 is 0 Å². The Bertz CT molecular complexity index is 1310. The molecular formula is C20H15F6NO5S3. The highest BCUT2D eigenvalue weighted by Gasteiger charge is 2.67. The van der Waals surface area contributed by atoms with Crippen LogP contribution < -0.4 is 0 Å². The summed E-state index contributed by atoms with van der Waals surface area (Å²) in [6.07, 6.45) is 0. The number of aromatic hydroxyl groups is 1. The zero-order valence-corrected chi connectivity index (χ0v) is 19.6. The Morgan fingerprint density at radius 2 is 0.857 bits per heavy atom. The molecule has 1 N–H and O–H groups in total. The van der Waals surface area contributed by atoms with E-state index in [1.54, 1.807) is 0 Å². The fraction of sp³-hybridized carbons (Fsp3) is 0.100. The van der Waals surface area contributed by atoms with Gasteiger partial charge in [-0.2, -0.15) is 26.3 Å². The fourth-order valence-electron chi connectivity index (χ4n) is 3.14. The number of nitrogens with zero attached hydrogens (tertiary/aromatic N) is 1. The number of phenols is 1. The van der Waals surface area contributed by atoms with Gasteiger partial charge in [0.2, 0.25) is 0 Å². The predicted molar refractivity (Wildman–Crippen MR) is 115 cm³/mol. The first-order valence-corrected chi connectivity index (χ1v) is 13.7. The zero-order valence-electron chi connectivity index (χ0n) is 17.1. The van der Waals surface area contributed by atoms with Crippen LogP contribution in [0.3, 0.4) is 0 Å². The maximum absolute atomic E-state index is 13.9. The summed E-state index contributed by atoms with van der Waals surface area (Å²) >= 11 is 0. The molecule has 0 heterocycles. The highest BCUT2D eigenvalue weighted by molar-refractivity contribution is 8.41. The molecule has 0 bridgehead atoms. The van der Waals surface area contributed by atoms with Gasteiger partial charge in [-0.05, 0) is 51.6 Å². The van der Waals surface area contributed by atoms with E-state index in [0.29, 0.717) is 0 Å². The summed E-state index contributed by atoms with van der Waals surface area (Å²) < 4.78 is 133. The summed E-state index contributed by atoms with van der Waals surface area (Å²) in [7, 11) is -18.9. The first kappa shape index (κ1) is 26.8. The average molecular weight is 560 g/mol. The van der Waals surface area contributed by atoms with Crippen molar-refractivity contribution in [3.8, 4) is 5.75 Å². The van der Waals surface area contributed by atoms with Crippen molar-refractivity contribution in [2.24, 2.45) is 0 Å². The second-order valence-corrected chi connectivity index (χ2v) is 14.0. The van der Waals surface area contributed by atoms with Gasteiger partial charge in [-0.1, -0.05) is 46.6 Å². The third-order valence-electron chi connectivity index (χ3n) is 4.55. The van der Waals surface area contributed by atoms with Crippen LogP contribution in [0.5, 0.6) is 5.75 Å². The quantitative estimate of drug-likeness (QED) is 0.398. The Balaban J connectivity index is 2.70. The molecule has 0 saturated carbocycles. The second-order valence-electron chi connectivity index (χ2n) is 6.77. The molecule has 0 aliphatic carbocycles. The molecule has 0 aliphatic heterocycles. The van der Waals surface area contributed by atoms with Crippen molar-refractivity contribution in [1.82, 2.24) is 3.12 Å². The predicted octanol–water partition coefficient (Wildman–Crippen LogP) is 5.59. The molecule has 0 atom stereocenters. The van der Waals surface area contributed by atoms with Gasteiger partial charge in [0.25, 0.3) is 0 Å². The number of sulfonamides is 2. The largest absolute Gasteiger partial charge is 0.513 e. The summed E-state index contributed by atoms with van der Waals surface area (Å²) in [5.41, 5.74) is -12.9. The molecule has 0 aromatic heterocycles. The summed E-state index contributed by atoms with van der Waals surface area (Å²) in [5.74, 6) is -0.452. The smallest absolute Gasteiger partial charge is 0.508 e. The van der Waals surface area contributed by atoms with Crippen molar-refractivity contribution in [2.75, 3.05) is 0 Å². The molecule has 190 valence electrons. The van der Waals surface area contributed by atoms with Gasteiger partial charge in [0.1, 0.15) is 5.75 Å². The fourth-order valence-corrected chi connectivity index (χ4v) is 12.4. The van der Waals surface area contributed by atoms with Crippen LogP contribution in [0, 0.1) is 0 Å². The van der Waals surface area contributed by atoms with Crippen LogP contribution in [-0.4, -0.2) is 36.1 Å². The molecule has 15 heteroatoms. The number of phenolic OH excluding ortho intramolecular Hbond substituents is 1. The average Bonchev–Trinajstić information content (AvgIpc) is 2.77. The van der Waals surface area contributed by atoms with Crippen molar-refractivity contribution in [1.29, 1.82) is 0 Å². The Kier molecular flexibility index (Phi) is 6.93. The van der Waals surface area contributed by atoms with Crippen LogP contribution in [-0.2, 0) is 20.0 Å². The van der Waals surface area contributed by atoms with Gasteiger partial charge in [-0.25, -0.2) is 16.8 Å². The van der Waals surface area contributed by atoms with E-state index in [1.165, 1.54) is 36.4 Å². The molecule has 0 unspecified atom stereocenters. The second kappa shape index (κ2) is 9.04. The molecular weight excluding hydrogens is 544 g/mol. The SMILES string of the molecule is O=S(=O)(N(S(c1ccccc1)(c1ccccc1)c1ccc(O)cc1)S(=O)(=O)C(F)(F)F)C(F)(F)F. The maximum atomic E-state index is 13.9. The van der Waals surface area contributed by atoms with Crippen LogP contribution >= 0.6 is 10.2 Å². The maximum Gasteiger partial charge on any atom is 0.513 e. The lowest BCUT2D eigenvalue weighted by Crippen LogP contribution is -2.50. The van der Waals surface area contributed by atoms with Crippen LogP contribution in [0.15, 0.2) is 99.6 Å². The van der Waals surface area contributed by atoms with Crippen molar-refractivity contribution in [3.63, 3.8) is 0 Å². The molecule has 0 spiro atoms. The van der Waals surface area contributed by atoms with Crippen LogP contribution in [0.25, 0.3) is 0 Å². The van der Waals surface area contributed by atoms with Crippen LogP contribution in [0.1, 0.15) is 0 Å². The van der Waals surface area contributed by atoms with Crippen LogP contribution in [0.4, 0.5) is 26.3 Å². The monoisotopic (exact) mass is 559 g/mol. The molecule has 0 radical (unpaired) electrons. The third kappa shape index (κ3) is 4.48. The van der Waals surface area contributed by atoms with Crippen molar-refractivity contribution < 1.29 is 48.3 Å². The Hall–Kier alpha value is -2.75. The number of benzene rings is 3. The summed E-state index contributed by atoms with van der Waals surface area (Å²) in [4.78, 5) is -1.46. The summed E-state index contributed by atoms with van der Waals surface area (Å²) in [5, 5.41) is 9.68. The summed E-state index contributed by atoms with van der Waals surface area (Å²) in [6.45, 7) is 0. The Morgan fingerprint density at radius 3 is 1.17 bits per heavy atom. The van der Waals surface area contributed by atoms with Crippen molar-refractivity contribution in [3.05, 3.63) is 84.9 Å². The topological polar surface area (TPSA) is 91.8 Å². The van der Waals surface area contributed by atoms with Gasteiger partial charge in [-0.3, -0.25) is 0 Å². The normalized spacial score (nSPS) is 14.1. The minimum Gasteiger partial charge on any atom is -0.508 e.